The Morgan fingerprint density at radius 2 is 2.00 bits per heavy atom. The molecule has 1 aromatic carbocycles. The van der Waals surface area contributed by atoms with Gasteiger partial charge in [0.05, 0.1) is 0 Å². The minimum Gasteiger partial charge on any atom is -0.248 e. The average molecular weight is 292 g/mol. The van der Waals surface area contributed by atoms with Crippen molar-refractivity contribution >= 4 is 31.3 Å². The summed E-state index contributed by atoms with van der Waals surface area (Å²) in [6, 6.07) is 5.21. The van der Waals surface area contributed by atoms with E-state index in [-0.39, 0.29) is 11.0 Å². The van der Waals surface area contributed by atoms with Crippen molar-refractivity contribution in [1.29, 1.82) is 0 Å². The van der Waals surface area contributed by atoms with Gasteiger partial charge in [-0.3, -0.25) is 0 Å². The van der Waals surface area contributed by atoms with Crippen molar-refractivity contribution in [3.05, 3.63) is 28.8 Å². The number of nitrogens with one attached hydrogen (secondary N) is 1. The number of aromatic nitrogens is 3. The van der Waals surface area contributed by atoms with Crippen molar-refractivity contribution in [1.82, 2.24) is 15.2 Å². The largest absolute Gasteiger partial charge is 0.296 e. The first-order valence-corrected chi connectivity index (χ1v) is 7.19. The first-order valence-electron chi connectivity index (χ1n) is 4.51. The predicted octanol–water partition coefficient (Wildman–Crippen LogP) is 2.36. The van der Waals surface area contributed by atoms with E-state index in [1.54, 1.807) is 18.2 Å². The highest BCUT2D eigenvalue weighted by Gasteiger charge is 2.16. The van der Waals surface area contributed by atoms with E-state index in [0.29, 0.717) is 10.6 Å². The van der Waals surface area contributed by atoms with Crippen LogP contribution in [-0.4, -0.2) is 23.6 Å². The third-order valence-corrected chi connectivity index (χ3v) is 3.30. The quantitative estimate of drug-likeness (QED) is 0.862. The summed E-state index contributed by atoms with van der Waals surface area (Å²) in [5.74, 6) is 0.231. The molecule has 0 unspecified atom stereocenters. The maximum absolute atomic E-state index is 11.0. The van der Waals surface area contributed by atoms with E-state index in [2.05, 4.69) is 15.2 Å². The van der Waals surface area contributed by atoms with Gasteiger partial charge in [-0.1, -0.05) is 11.6 Å². The van der Waals surface area contributed by atoms with Crippen LogP contribution < -0.4 is 0 Å². The lowest BCUT2D eigenvalue weighted by Gasteiger charge is -1.98. The van der Waals surface area contributed by atoms with Gasteiger partial charge in [0, 0.05) is 21.3 Å². The number of hydrogen-bond acceptors (Lipinski definition) is 4. The molecule has 0 aliphatic carbocycles. The molecule has 0 aliphatic heterocycles. The van der Waals surface area contributed by atoms with Crippen LogP contribution in [0.4, 0.5) is 0 Å². The monoisotopic (exact) mass is 291 g/mol. The molecule has 2 aromatic rings. The minimum atomic E-state index is -3.90. The predicted molar refractivity (Wildman–Crippen MR) is 64.6 cm³/mol. The van der Waals surface area contributed by atoms with Crippen molar-refractivity contribution in [2.24, 2.45) is 0 Å². The highest BCUT2D eigenvalue weighted by Crippen LogP contribution is 2.22. The molecule has 0 saturated carbocycles. The lowest BCUT2D eigenvalue weighted by Crippen LogP contribution is -1.92. The van der Waals surface area contributed by atoms with Crippen LogP contribution >= 0.6 is 22.3 Å². The zero-order valence-corrected chi connectivity index (χ0v) is 10.9. The first kappa shape index (κ1) is 12.3. The number of benzene rings is 1. The summed E-state index contributed by atoms with van der Waals surface area (Å²) in [6.45, 7) is 1.86. The van der Waals surface area contributed by atoms with E-state index in [4.69, 9.17) is 22.3 Å². The van der Waals surface area contributed by atoms with Crippen LogP contribution in [0.25, 0.3) is 11.4 Å². The van der Waals surface area contributed by atoms with Gasteiger partial charge < -0.3 is 0 Å². The van der Waals surface area contributed by atoms with Gasteiger partial charge >= 0.3 is 0 Å². The summed E-state index contributed by atoms with van der Waals surface area (Å²) in [5.41, 5.74) is 1.55. The zero-order chi connectivity index (χ0) is 12.6. The van der Waals surface area contributed by atoms with Crippen LogP contribution in [0.15, 0.2) is 23.4 Å². The summed E-state index contributed by atoms with van der Waals surface area (Å²) in [4.78, 5) is 3.79. The molecule has 0 radical (unpaired) electrons. The number of rotatable bonds is 2. The molecule has 17 heavy (non-hydrogen) atoms. The summed E-state index contributed by atoms with van der Waals surface area (Å²) < 4.78 is 22.0. The second-order valence-corrected chi connectivity index (χ2v) is 6.34. The Bertz CT molecular complexity index is 646. The van der Waals surface area contributed by atoms with E-state index in [1.165, 1.54) is 0 Å². The van der Waals surface area contributed by atoms with Crippen molar-refractivity contribution < 1.29 is 8.42 Å². The smallest absolute Gasteiger partial charge is 0.248 e. The molecule has 0 spiro atoms. The molecule has 90 valence electrons. The SMILES string of the molecule is Cc1cc(Cl)cc(-c2n[nH]c(S(=O)(=O)Cl)n2)c1. The fourth-order valence-electron chi connectivity index (χ4n) is 1.35. The van der Waals surface area contributed by atoms with Crippen LogP contribution in [0, 0.1) is 6.92 Å². The van der Waals surface area contributed by atoms with Gasteiger partial charge in [-0.2, -0.15) is 10.1 Å². The number of nitrogens with zero attached hydrogens (tertiary/aromatic N) is 2. The van der Waals surface area contributed by atoms with E-state index >= 15 is 0 Å². The molecule has 1 aromatic heterocycles. The molecule has 8 heteroatoms. The second kappa shape index (κ2) is 4.29. The fourth-order valence-corrected chi connectivity index (χ4v) is 2.20. The summed E-state index contributed by atoms with van der Waals surface area (Å²) >= 11 is 5.89. The van der Waals surface area contributed by atoms with Crippen LogP contribution in [0.2, 0.25) is 5.02 Å². The van der Waals surface area contributed by atoms with E-state index in [0.717, 1.165) is 5.56 Å². The molecule has 0 aliphatic rings. The fraction of sp³-hybridized carbons (Fsp3) is 0.111. The van der Waals surface area contributed by atoms with E-state index in [9.17, 15) is 8.42 Å². The summed E-state index contributed by atoms with van der Waals surface area (Å²) in [6.07, 6.45) is 0. The van der Waals surface area contributed by atoms with Gasteiger partial charge in [0.1, 0.15) is 0 Å². The lowest BCUT2D eigenvalue weighted by atomic mass is 10.1. The molecular weight excluding hydrogens is 285 g/mol. The molecular formula is C9H7Cl2N3O2S. The zero-order valence-electron chi connectivity index (χ0n) is 8.61. The molecule has 1 heterocycles. The van der Waals surface area contributed by atoms with Crippen molar-refractivity contribution in [3.63, 3.8) is 0 Å². The Morgan fingerprint density at radius 1 is 1.29 bits per heavy atom. The van der Waals surface area contributed by atoms with Crippen molar-refractivity contribution in [2.75, 3.05) is 0 Å². The van der Waals surface area contributed by atoms with Crippen molar-refractivity contribution in [3.8, 4) is 11.4 Å². The lowest BCUT2D eigenvalue weighted by molar-refractivity contribution is 0.602. The highest BCUT2D eigenvalue weighted by molar-refractivity contribution is 8.13. The molecule has 0 bridgehead atoms. The van der Waals surface area contributed by atoms with E-state index < -0.39 is 9.05 Å². The van der Waals surface area contributed by atoms with Gasteiger partial charge in [0.2, 0.25) is 0 Å². The van der Waals surface area contributed by atoms with Crippen molar-refractivity contribution in [2.45, 2.75) is 12.1 Å². The number of H-pyrrole nitrogens is 1. The second-order valence-electron chi connectivity index (χ2n) is 3.42. The molecule has 0 amide bonds. The van der Waals surface area contributed by atoms with Gasteiger partial charge in [0.15, 0.2) is 5.82 Å². The van der Waals surface area contributed by atoms with Crippen LogP contribution in [0.1, 0.15) is 5.56 Å². The van der Waals surface area contributed by atoms with Gasteiger partial charge in [0.25, 0.3) is 14.2 Å². The normalized spacial score (nSPS) is 11.7. The standard InChI is InChI=1S/C9H7Cl2N3O2S/c1-5-2-6(4-7(10)3-5)8-12-9(14-13-8)17(11,15)16/h2-4H,1H3,(H,12,13,14). The number of aryl methyl sites for hydroxylation is 1. The van der Waals surface area contributed by atoms with Crippen LogP contribution in [0.3, 0.4) is 0 Å². The van der Waals surface area contributed by atoms with Crippen LogP contribution in [0.5, 0.6) is 0 Å². The molecule has 5 nitrogen and oxygen atoms in total. The molecule has 0 saturated heterocycles. The Labute approximate surface area is 107 Å². The van der Waals surface area contributed by atoms with E-state index in [1.807, 2.05) is 6.92 Å². The number of aromatic amines is 1. The molecule has 0 atom stereocenters. The Balaban J connectivity index is 2.51. The highest BCUT2D eigenvalue weighted by atomic mass is 35.7. The maximum atomic E-state index is 11.0. The third-order valence-electron chi connectivity index (χ3n) is 2.00. The molecule has 1 N–H and O–H groups in total. The minimum absolute atomic E-state index is 0.231. The Morgan fingerprint density at radius 3 is 2.53 bits per heavy atom. The molecule has 2 rings (SSSR count). The third kappa shape index (κ3) is 2.77. The van der Waals surface area contributed by atoms with Gasteiger partial charge in [-0.05, 0) is 30.7 Å². The topological polar surface area (TPSA) is 75.7 Å². The average Bonchev–Trinajstić information content (AvgIpc) is 2.63. The number of hydrogen-bond donors (Lipinski definition) is 1. The van der Waals surface area contributed by atoms with Crippen LogP contribution in [-0.2, 0) is 9.05 Å². The Kier molecular flexibility index (Phi) is 3.11. The summed E-state index contributed by atoms with van der Waals surface area (Å²) in [5, 5.41) is 6.18. The summed E-state index contributed by atoms with van der Waals surface area (Å²) in [7, 11) is 1.23. The molecule has 0 fully saturated rings. The Hall–Kier alpha value is -1.11. The maximum Gasteiger partial charge on any atom is 0.296 e. The number of halogens is 2. The first-order chi connectivity index (χ1) is 7.86. The van der Waals surface area contributed by atoms with Gasteiger partial charge in [-0.15, -0.1) is 0 Å². The van der Waals surface area contributed by atoms with Gasteiger partial charge in [-0.25, -0.2) is 13.5 Å².